The molecule has 0 amide bonds. The molecule has 3 unspecified atom stereocenters. The highest BCUT2D eigenvalue weighted by atomic mass is 14.5. The van der Waals surface area contributed by atoms with Crippen LogP contribution in [0.4, 0.5) is 0 Å². The molecule has 138 valence electrons. The Labute approximate surface area is 156 Å². The Kier molecular flexibility index (Phi) is 6.09. The van der Waals surface area contributed by atoms with E-state index in [9.17, 15) is 0 Å². The zero-order chi connectivity index (χ0) is 18.8. The molecule has 0 nitrogen and oxygen atoms in total. The van der Waals surface area contributed by atoms with E-state index in [0.717, 1.165) is 30.6 Å². The molecule has 0 radical (unpaired) electrons. The number of terminal acetylenes is 1. The fourth-order valence-electron chi connectivity index (χ4n) is 5.00. The fourth-order valence-corrected chi connectivity index (χ4v) is 5.00. The maximum absolute atomic E-state index is 5.48. The van der Waals surface area contributed by atoms with Crippen molar-refractivity contribution in [3.05, 3.63) is 34.9 Å². The Morgan fingerprint density at radius 1 is 1.12 bits per heavy atom. The molecule has 2 rings (SSSR count). The molecule has 0 aliphatic heterocycles. The predicted octanol–water partition coefficient (Wildman–Crippen LogP) is 7.34. The van der Waals surface area contributed by atoms with Crippen LogP contribution in [0.1, 0.15) is 80.6 Å². The highest BCUT2D eigenvalue weighted by Crippen LogP contribution is 2.54. The van der Waals surface area contributed by atoms with Gasteiger partial charge in [0.15, 0.2) is 0 Å². The molecule has 2 aliphatic carbocycles. The third-order valence-electron chi connectivity index (χ3n) is 7.83. The van der Waals surface area contributed by atoms with E-state index in [1.165, 1.54) is 30.4 Å². The van der Waals surface area contributed by atoms with Crippen molar-refractivity contribution in [1.82, 2.24) is 0 Å². The number of fused-ring (bicyclic) bond motifs is 2. The van der Waals surface area contributed by atoms with Crippen LogP contribution in [0.2, 0.25) is 0 Å². The van der Waals surface area contributed by atoms with Crippen molar-refractivity contribution in [2.24, 2.45) is 28.6 Å². The summed E-state index contributed by atoms with van der Waals surface area (Å²) in [5.74, 6) is 5.32. The van der Waals surface area contributed by atoms with Crippen LogP contribution in [-0.4, -0.2) is 0 Å². The van der Waals surface area contributed by atoms with E-state index < -0.39 is 0 Å². The lowest BCUT2D eigenvalue weighted by molar-refractivity contribution is 0.183. The zero-order valence-corrected chi connectivity index (χ0v) is 17.6. The molecule has 0 aromatic heterocycles. The van der Waals surface area contributed by atoms with Crippen LogP contribution in [0.25, 0.3) is 0 Å². The highest BCUT2D eigenvalue weighted by Gasteiger charge is 2.43. The first-order chi connectivity index (χ1) is 11.6. The minimum Gasteiger partial charge on any atom is -0.120 e. The van der Waals surface area contributed by atoms with Crippen molar-refractivity contribution in [3.8, 4) is 12.3 Å². The Morgan fingerprint density at radius 3 is 2.28 bits per heavy atom. The van der Waals surface area contributed by atoms with E-state index in [1.54, 1.807) is 5.57 Å². The Morgan fingerprint density at radius 2 is 1.80 bits per heavy atom. The SMILES string of the molecule is C#CCC/C(C)=C(/C)C(C)(C)C(C)(C)/C(=C\C)CC1CC2C=CC1C2. The van der Waals surface area contributed by atoms with Crippen LogP contribution < -0.4 is 0 Å². The van der Waals surface area contributed by atoms with Gasteiger partial charge in [0.05, 0.1) is 0 Å². The number of allylic oxidation sites excluding steroid dienone is 6. The van der Waals surface area contributed by atoms with Gasteiger partial charge in [0, 0.05) is 6.42 Å². The fraction of sp³-hybridized carbons (Fsp3) is 0.680. The van der Waals surface area contributed by atoms with Crippen LogP contribution in [0.3, 0.4) is 0 Å². The summed E-state index contributed by atoms with van der Waals surface area (Å²) in [7, 11) is 0. The molecule has 1 saturated carbocycles. The van der Waals surface area contributed by atoms with Gasteiger partial charge in [-0.2, -0.15) is 0 Å². The van der Waals surface area contributed by atoms with Gasteiger partial charge in [0.1, 0.15) is 0 Å². The largest absolute Gasteiger partial charge is 0.120 e. The molecular weight excluding hydrogens is 300 g/mol. The van der Waals surface area contributed by atoms with Crippen LogP contribution >= 0.6 is 0 Å². The third-order valence-corrected chi connectivity index (χ3v) is 7.83. The summed E-state index contributed by atoms with van der Waals surface area (Å²) in [6.45, 7) is 16.6. The number of rotatable bonds is 7. The van der Waals surface area contributed by atoms with Crippen molar-refractivity contribution >= 4 is 0 Å². The van der Waals surface area contributed by atoms with Crippen LogP contribution in [0, 0.1) is 40.9 Å². The summed E-state index contributed by atoms with van der Waals surface area (Å²) in [6, 6.07) is 0. The summed E-state index contributed by atoms with van der Waals surface area (Å²) < 4.78 is 0. The van der Waals surface area contributed by atoms with Gasteiger partial charge >= 0.3 is 0 Å². The molecule has 2 aliphatic rings. The highest BCUT2D eigenvalue weighted by molar-refractivity contribution is 5.28. The second kappa shape index (κ2) is 7.57. The Balaban J connectivity index is 2.21. The number of hydrogen-bond donors (Lipinski definition) is 0. The van der Waals surface area contributed by atoms with Crippen LogP contribution in [0.5, 0.6) is 0 Å². The topological polar surface area (TPSA) is 0 Å². The molecule has 2 bridgehead atoms. The van der Waals surface area contributed by atoms with E-state index in [-0.39, 0.29) is 10.8 Å². The second-order valence-electron chi connectivity index (χ2n) is 9.42. The maximum atomic E-state index is 5.48. The van der Waals surface area contributed by atoms with E-state index >= 15 is 0 Å². The molecule has 0 spiro atoms. The Hall–Kier alpha value is -1.22. The molecule has 1 fully saturated rings. The second-order valence-corrected chi connectivity index (χ2v) is 9.42. The lowest BCUT2D eigenvalue weighted by Crippen LogP contribution is -2.36. The number of hydrogen-bond acceptors (Lipinski definition) is 0. The van der Waals surface area contributed by atoms with E-state index in [4.69, 9.17) is 6.42 Å². The van der Waals surface area contributed by atoms with Gasteiger partial charge in [-0.05, 0) is 75.0 Å². The van der Waals surface area contributed by atoms with Gasteiger partial charge < -0.3 is 0 Å². The minimum atomic E-state index is 0.126. The van der Waals surface area contributed by atoms with Crippen LogP contribution in [0.15, 0.2) is 34.9 Å². The normalized spacial score (nSPS) is 27.4. The first-order valence-electron chi connectivity index (χ1n) is 10.1. The molecule has 0 heteroatoms. The van der Waals surface area contributed by atoms with E-state index in [0.29, 0.717) is 0 Å². The lowest BCUT2D eigenvalue weighted by Gasteiger charge is -2.46. The average molecular weight is 339 g/mol. The molecule has 25 heavy (non-hydrogen) atoms. The van der Waals surface area contributed by atoms with Gasteiger partial charge in [-0.15, -0.1) is 12.3 Å². The van der Waals surface area contributed by atoms with Crippen molar-refractivity contribution in [2.75, 3.05) is 0 Å². The summed E-state index contributed by atoms with van der Waals surface area (Å²) in [5, 5.41) is 0. The maximum Gasteiger partial charge on any atom is 0.0123 e. The monoisotopic (exact) mass is 338 g/mol. The molecular formula is C25H38. The summed E-state index contributed by atoms with van der Waals surface area (Å²) in [5.41, 5.74) is 4.89. The molecule has 0 saturated heterocycles. The standard InChI is InChI=1S/C25H38/c1-9-11-12-18(3)19(4)24(5,6)25(7,8)23(10-2)17-22-16-20-13-14-21(22)15-20/h1,10,13-14,20-22H,11-12,15-17H2,2-8H3/b19-18-,23-10-. The van der Waals surface area contributed by atoms with E-state index in [1.807, 2.05) is 0 Å². The van der Waals surface area contributed by atoms with Gasteiger partial charge in [-0.1, -0.05) is 62.6 Å². The van der Waals surface area contributed by atoms with E-state index in [2.05, 4.69) is 72.6 Å². The molecule has 0 aromatic rings. The van der Waals surface area contributed by atoms with Crippen molar-refractivity contribution in [3.63, 3.8) is 0 Å². The third kappa shape index (κ3) is 3.81. The first kappa shape index (κ1) is 20.1. The summed E-state index contributed by atoms with van der Waals surface area (Å²) in [4.78, 5) is 0. The molecule has 0 N–H and O–H groups in total. The van der Waals surface area contributed by atoms with Crippen molar-refractivity contribution in [1.29, 1.82) is 0 Å². The minimum absolute atomic E-state index is 0.126. The lowest BCUT2D eigenvalue weighted by atomic mass is 9.58. The van der Waals surface area contributed by atoms with Gasteiger partial charge in [0.25, 0.3) is 0 Å². The molecule has 0 aromatic carbocycles. The van der Waals surface area contributed by atoms with Crippen molar-refractivity contribution < 1.29 is 0 Å². The quantitative estimate of drug-likeness (QED) is 0.336. The molecule has 3 atom stereocenters. The Bertz CT molecular complexity index is 615. The summed E-state index contributed by atoms with van der Waals surface area (Å²) in [6.07, 6.45) is 18.7. The predicted molar refractivity (Wildman–Crippen MR) is 111 cm³/mol. The molecule has 0 heterocycles. The van der Waals surface area contributed by atoms with Crippen LogP contribution in [-0.2, 0) is 0 Å². The van der Waals surface area contributed by atoms with Gasteiger partial charge in [-0.3, -0.25) is 0 Å². The van der Waals surface area contributed by atoms with Gasteiger partial charge in [0.2, 0.25) is 0 Å². The smallest absolute Gasteiger partial charge is 0.0123 e. The zero-order valence-electron chi connectivity index (χ0n) is 17.6. The average Bonchev–Trinajstić information content (AvgIpc) is 3.19. The van der Waals surface area contributed by atoms with Crippen molar-refractivity contribution in [2.45, 2.75) is 80.6 Å². The van der Waals surface area contributed by atoms with Gasteiger partial charge in [-0.25, -0.2) is 0 Å². The first-order valence-corrected chi connectivity index (χ1v) is 10.1. The summed E-state index contributed by atoms with van der Waals surface area (Å²) >= 11 is 0.